The molecule has 1 heterocycles. The van der Waals surface area contributed by atoms with Gasteiger partial charge in [0.2, 0.25) is 0 Å². The smallest absolute Gasteiger partial charge is 0.125 e. The molecule has 0 radical (unpaired) electrons. The van der Waals surface area contributed by atoms with E-state index in [-0.39, 0.29) is 5.60 Å². The van der Waals surface area contributed by atoms with Crippen LogP contribution in [0.4, 0.5) is 0 Å². The SMILES string of the molecule is CCC1(CC)CC(NCCC(C)C)c2ccc(C)cc2O1. The third-order valence-electron chi connectivity index (χ3n) is 4.85. The third kappa shape index (κ3) is 3.79. The van der Waals surface area contributed by atoms with Crippen molar-refractivity contribution in [2.24, 2.45) is 5.92 Å². The Balaban J connectivity index is 2.22. The van der Waals surface area contributed by atoms with Crippen molar-refractivity contribution >= 4 is 0 Å². The van der Waals surface area contributed by atoms with Crippen molar-refractivity contribution in [2.45, 2.75) is 71.9 Å². The van der Waals surface area contributed by atoms with Crippen molar-refractivity contribution in [3.8, 4) is 5.75 Å². The van der Waals surface area contributed by atoms with Crippen LogP contribution in [0.1, 0.15) is 70.5 Å². The molecular weight excluding hydrogens is 258 g/mol. The van der Waals surface area contributed by atoms with Crippen molar-refractivity contribution in [2.75, 3.05) is 6.54 Å². The fraction of sp³-hybridized carbons (Fsp3) is 0.684. The van der Waals surface area contributed by atoms with Gasteiger partial charge in [0.15, 0.2) is 0 Å². The highest BCUT2D eigenvalue weighted by Crippen LogP contribution is 2.43. The number of hydrogen-bond acceptors (Lipinski definition) is 2. The number of hydrogen-bond donors (Lipinski definition) is 1. The maximum Gasteiger partial charge on any atom is 0.125 e. The Hall–Kier alpha value is -1.02. The summed E-state index contributed by atoms with van der Waals surface area (Å²) in [7, 11) is 0. The molecular formula is C19H31NO. The highest BCUT2D eigenvalue weighted by atomic mass is 16.5. The number of ether oxygens (including phenoxy) is 1. The molecule has 1 aromatic rings. The molecule has 2 heteroatoms. The van der Waals surface area contributed by atoms with Crippen LogP contribution in [-0.4, -0.2) is 12.1 Å². The predicted octanol–water partition coefficient (Wildman–Crippen LogP) is 5.01. The van der Waals surface area contributed by atoms with E-state index in [0.717, 1.165) is 37.5 Å². The van der Waals surface area contributed by atoms with Crippen LogP contribution in [0.25, 0.3) is 0 Å². The molecule has 2 nitrogen and oxygen atoms in total. The highest BCUT2D eigenvalue weighted by Gasteiger charge is 2.38. The molecule has 0 fully saturated rings. The van der Waals surface area contributed by atoms with Gasteiger partial charge in [-0.2, -0.15) is 0 Å². The molecule has 0 amide bonds. The Labute approximate surface area is 130 Å². The van der Waals surface area contributed by atoms with E-state index in [1.807, 2.05) is 0 Å². The summed E-state index contributed by atoms with van der Waals surface area (Å²) in [6.07, 6.45) is 4.44. The first-order valence-electron chi connectivity index (χ1n) is 8.52. The summed E-state index contributed by atoms with van der Waals surface area (Å²) < 4.78 is 6.42. The number of nitrogens with one attached hydrogen (secondary N) is 1. The van der Waals surface area contributed by atoms with Crippen LogP contribution in [-0.2, 0) is 0 Å². The third-order valence-corrected chi connectivity index (χ3v) is 4.85. The predicted molar refractivity (Wildman–Crippen MR) is 89.9 cm³/mol. The maximum absolute atomic E-state index is 6.42. The first-order chi connectivity index (χ1) is 9.99. The van der Waals surface area contributed by atoms with E-state index in [0.29, 0.717) is 6.04 Å². The van der Waals surface area contributed by atoms with Crippen molar-refractivity contribution in [3.05, 3.63) is 29.3 Å². The van der Waals surface area contributed by atoms with Crippen molar-refractivity contribution in [3.63, 3.8) is 0 Å². The quantitative estimate of drug-likeness (QED) is 0.794. The number of fused-ring (bicyclic) bond motifs is 1. The van der Waals surface area contributed by atoms with E-state index in [1.165, 1.54) is 17.5 Å². The molecule has 21 heavy (non-hydrogen) atoms. The van der Waals surface area contributed by atoms with Gasteiger partial charge in [0.25, 0.3) is 0 Å². The molecule has 118 valence electrons. The zero-order chi connectivity index (χ0) is 15.5. The van der Waals surface area contributed by atoms with E-state index in [9.17, 15) is 0 Å². The zero-order valence-corrected chi connectivity index (χ0v) is 14.3. The highest BCUT2D eigenvalue weighted by molar-refractivity contribution is 5.41. The van der Waals surface area contributed by atoms with E-state index in [4.69, 9.17) is 4.74 Å². The Morgan fingerprint density at radius 1 is 1.29 bits per heavy atom. The molecule has 0 spiro atoms. The van der Waals surface area contributed by atoms with Gasteiger partial charge >= 0.3 is 0 Å². The number of rotatable bonds is 6. The van der Waals surface area contributed by atoms with Crippen LogP contribution in [0.5, 0.6) is 5.75 Å². The van der Waals surface area contributed by atoms with Gasteiger partial charge in [0, 0.05) is 18.0 Å². The number of benzene rings is 1. The largest absolute Gasteiger partial charge is 0.487 e. The van der Waals surface area contributed by atoms with Gasteiger partial charge in [-0.1, -0.05) is 39.8 Å². The molecule has 0 bridgehead atoms. The molecule has 1 N–H and O–H groups in total. The second-order valence-corrected chi connectivity index (χ2v) is 6.93. The molecule has 2 rings (SSSR count). The van der Waals surface area contributed by atoms with E-state index >= 15 is 0 Å². The minimum atomic E-state index is -0.00368. The Morgan fingerprint density at radius 2 is 2.00 bits per heavy atom. The lowest BCUT2D eigenvalue weighted by atomic mass is 9.83. The molecule has 0 aromatic heterocycles. The van der Waals surface area contributed by atoms with Gasteiger partial charge in [-0.15, -0.1) is 0 Å². The second kappa shape index (κ2) is 6.83. The molecule has 0 saturated heterocycles. The molecule has 1 atom stereocenters. The van der Waals surface area contributed by atoms with E-state index < -0.39 is 0 Å². The van der Waals surface area contributed by atoms with Crippen LogP contribution in [0, 0.1) is 12.8 Å². The number of aryl methyl sites for hydroxylation is 1. The Bertz CT molecular complexity index is 463. The monoisotopic (exact) mass is 289 g/mol. The second-order valence-electron chi connectivity index (χ2n) is 6.93. The minimum Gasteiger partial charge on any atom is -0.487 e. The summed E-state index contributed by atoms with van der Waals surface area (Å²) in [5, 5.41) is 3.77. The summed E-state index contributed by atoms with van der Waals surface area (Å²) in [5.74, 6) is 1.84. The van der Waals surface area contributed by atoms with Crippen molar-refractivity contribution in [1.82, 2.24) is 5.32 Å². The van der Waals surface area contributed by atoms with Crippen molar-refractivity contribution < 1.29 is 4.74 Å². The van der Waals surface area contributed by atoms with Crippen LogP contribution in [0.2, 0.25) is 0 Å². The van der Waals surface area contributed by atoms with Crippen LogP contribution < -0.4 is 10.1 Å². The lowest BCUT2D eigenvalue weighted by Gasteiger charge is -2.42. The molecule has 1 aliphatic heterocycles. The summed E-state index contributed by atoms with van der Waals surface area (Å²) in [5.41, 5.74) is 2.61. The summed E-state index contributed by atoms with van der Waals surface area (Å²) >= 11 is 0. The fourth-order valence-electron chi connectivity index (χ4n) is 3.19. The molecule has 0 aliphatic carbocycles. The van der Waals surface area contributed by atoms with Gasteiger partial charge in [-0.25, -0.2) is 0 Å². The molecule has 1 aliphatic rings. The van der Waals surface area contributed by atoms with Gasteiger partial charge in [0.05, 0.1) is 0 Å². The van der Waals surface area contributed by atoms with Crippen LogP contribution in [0.3, 0.4) is 0 Å². The first kappa shape index (κ1) is 16.4. The minimum absolute atomic E-state index is 0.00368. The summed E-state index contributed by atoms with van der Waals surface area (Å²) in [6, 6.07) is 7.07. The van der Waals surface area contributed by atoms with Gasteiger partial charge in [0.1, 0.15) is 11.4 Å². The first-order valence-corrected chi connectivity index (χ1v) is 8.52. The fourth-order valence-corrected chi connectivity index (χ4v) is 3.19. The summed E-state index contributed by atoms with van der Waals surface area (Å²) in [6.45, 7) is 12.3. The van der Waals surface area contributed by atoms with Gasteiger partial charge < -0.3 is 10.1 Å². The molecule has 1 unspecified atom stereocenters. The van der Waals surface area contributed by atoms with Gasteiger partial charge in [-0.3, -0.25) is 0 Å². The average molecular weight is 289 g/mol. The Kier molecular flexibility index (Phi) is 5.32. The standard InChI is InChI=1S/C19H31NO/c1-6-19(7-2)13-17(20-11-10-14(3)4)16-9-8-15(5)12-18(16)21-19/h8-9,12,14,17,20H,6-7,10-11,13H2,1-5H3. The molecule has 1 aromatic carbocycles. The average Bonchev–Trinajstić information content (AvgIpc) is 2.46. The van der Waals surface area contributed by atoms with E-state index in [2.05, 4.69) is 58.1 Å². The van der Waals surface area contributed by atoms with Gasteiger partial charge in [-0.05, 0) is 50.3 Å². The molecule has 0 saturated carbocycles. The maximum atomic E-state index is 6.42. The topological polar surface area (TPSA) is 21.3 Å². The summed E-state index contributed by atoms with van der Waals surface area (Å²) in [4.78, 5) is 0. The zero-order valence-electron chi connectivity index (χ0n) is 14.3. The Morgan fingerprint density at radius 3 is 2.62 bits per heavy atom. The lowest BCUT2D eigenvalue weighted by molar-refractivity contribution is 0.0226. The van der Waals surface area contributed by atoms with Crippen molar-refractivity contribution in [1.29, 1.82) is 0 Å². The van der Waals surface area contributed by atoms with Crippen LogP contribution in [0.15, 0.2) is 18.2 Å². The van der Waals surface area contributed by atoms with E-state index in [1.54, 1.807) is 0 Å². The lowest BCUT2D eigenvalue weighted by Crippen LogP contribution is -2.43. The normalized spacial score (nSPS) is 20.2. The van der Waals surface area contributed by atoms with Crippen LogP contribution >= 0.6 is 0 Å².